The van der Waals surface area contributed by atoms with Gasteiger partial charge in [0.1, 0.15) is 19.3 Å². The standard InChI is InChI=1S/C75H146O17P2/c1-7-9-11-13-15-17-33-39-45-51-57-72(77)85-63-70(91-74(79)59-53-47-41-34-18-16-14-12-10-8-2)65-89-93(81,82)87-61-69(76)62-88-94(83,84)90-66-71(64-86-73(78)58-52-46-40-35-30-29-32-38-44-50-56-68(5)6)92-75(80)60-54-48-42-36-28-26-24-22-20-19-21-23-25-27-31-37-43-49-55-67(3)4/h67-71,76H,7-66H2,1-6H3,(H,81,82)(H,83,84)/t69-,70+,71+/m0/s1. The van der Waals surface area contributed by atoms with E-state index in [1.807, 2.05) is 0 Å². The number of carbonyl (C=O) groups excluding carboxylic acids is 4. The molecule has 0 aromatic rings. The summed E-state index contributed by atoms with van der Waals surface area (Å²) >= 11 is 0. The third kappa shape index (κ3) is 68.6. The summed E-state index contributed by atoms with van der Waals surface area (Å²) < 4.78 is 68.4. The van der Waals surface area contributed by atoms with Gasteiger partial charge in [-0.3, -0.25) is 37.3 Å². The summed E-state index contributed by atoms with van der Waals surface area (Å²) in [6, 6.07) is 0. The highest BCUT2D eigenvalue weighted by Gasteiger charge is 2.30. The van der Waals surface area contributed by atoms with E-state index < -0.39 is 97.5 Å². The summed E-state index contributed by atoms with van der Waals surface area (Å²) in [5.41, 5.74) is 0. The number of ether oxygens (including phenoxy) is 4. The van der Waals surface area contributed by atoms with Crippen molar-refractivity contribution in [2.45, 2.75) is 407 Å². The van der Waals surface area contributed by atoms with Crippen molar-refractivity contribution in [1.29, 1.82) is 0 Å². The Morgan fingerprint density at radius 2 is 0.489 bits per heavy atom. The minimum Gasteiger partial charge on any atom is -0.462 e. The van der Waals surface area contributed by atoms with Gasteiger partial charge in [0.2, 0.25) is 0 Å². The number of esters is 4. The van der Waals surface area contributed by atoms with Crippen molar-refractivity contribution in [2.75, 3.05) is 39.6 Å². The molecule has 5 atom stereocenters. The minimum atomic E-state index is -4.96. The second-order valence-electron chi connectivity index (χ2n) is 28.0. The van der Waals surface area contributed by atoms with Crippen LogP contribution in [0.1, 0.15) is 388 Å². The molecule has 0 rings (SSSR count). The molecule has 0 aromatic carbocycles. The number of rotatable bonds is 74. The number of hydrogen-bond acceptors (Lipinski definition) is 15. The monoisotopic (exact) mass is 1380 g/mol. The van der Waals surface area contributed by atoms with Crippen molar-refractivity contribution in [3.8, 4) is 0 Å². The van der Waals surface area contributed by atoms with Gasteiger partial charge in [-0.2, -0.15) is 0 Å². The highest BCUT2D eigenvalue weighted by atomic mass is 31.2. The van der Waals surface area contributed by atoms with Crippen LogP contribution in [-0.2, 0) is 65.4 Å². The summed E-state index contributed by atoms with van der Waals surface area (Å²) in [6.07, 6.45) is 54.1. The zero-order valence-corrected chi connectivity index (χ0v) is 63.1. The maximum Gasteiger partial charge on any atom is 0.472 e. The predicted octanol–water partition coefficient (Wildman–Crippen LogP) is 21.9. The summed E-state index contributed by atoms with van der Waals surface area (Å²) in [5.74, 6) is -0.539. The summed E-state index contributed by atoms with van der Waals surface area (Å²) in [6.45, 7) is 9.60. The zero-order chi connectivity index (χ0) is 69.3. The van der Waals surface area contributed by atoms with Gasteiger partial charge in [0.15, 0.2) is 12.2 Å². The first-order chi connectivity index (χ1) is 45.4. The molecular formula is C75H146O17P2. The Morgan fingerprint density at radius 1 is 0.287 bits per heavy atom. The SMILES string of the molecule is CCCCCCCCCCCCC(=O)OC[C@H](COP(=O)(O)OC[C@H](O)COP(=O)(O)OC[C@@H](COC(=O)CCCCCCCCCCCCC(C)C)OC(=O)CCCCCCCCCCCCCCCCCCCCC(C)C)OC(=O)CCCCCCCCCCCC. The van der Waals surface area contributed by atoms with E-state index in [9.17, 15) is 43.2 Å². The van der Waals surface area contributed by atoms with Gasteiger partial charge in [-0.15, -0.1) is 0 Å². The molecule has 2 unspecified atom stereocenters. The molecule has 0 aromatic heterocycles. The average molecular weight is 1380 g/mol. The van der Waals surface area contributed by atoms with Crippen molar-refractivity contribution < 1.29 is 80.2 Å². The maximum absolute atomic E-state index is 13.1. The zero-order valence-electron chi connectivity index (χ0n) is 61.3. The number of hydrogen-bond donors (Lipinski definition) is 3. The quantitative estimate of drug-likeness (QED) is 0.0222. The lowest BCUT2D eigenvalue weighted by Crippen LogP contribution is -2.30. The topological polar surface area (TPSA) is 237 Å². The molecule has 0 heterocycles. The van der Waals surface area contributed by atoms with E-state index in [1.54, 1.807) is 0 Å². The fourth-order valence-electron chi connectivity index (χ4n) is 11.5. The molecule has 0 spiro atoms. The second-order valence-corrected chi connectivity index (χ2v) is 30.9. The maximum atomic E-state index is 13.1. The Hall–Kier alpha value is -1.94. The summed E-state index contributed by atoms with van der Waals surface area (Å²) in [5, 5.41) is 10.6. The van der Waals surface area contributed by atoms with E-state index in [-0.39, 0.29) is 25.7 Å². The van der Waals surface area contributed by atoms with Gasteiger partial charge in [0.05, 0.1) is 26.4 Å². The van der Waals surface area contributed by atoms with E-state index in [1.165, 1.54) is 205 Å². The van der Waals surface area contributed by atoms with E-state index in [0.717, 1.165) is 102 Å². The molecule has 0 bridgehead atoms. The summed E-state index contributed by atoms with van der Waals surface area (Å²) in [4.78, 5) is 72.7. The molecule has 0 saturated heterocycles. The Morgan fingerprint density at radius 3 is 0.723 bits per heavy atom. The van der Waals surface area contributed by atoms with Crippen LogP contribution in [0.5, 0.6) is 0 Å². The smallest absolute Gasteiger partial charge is 0.462 e. The van der Waals surface area contributed by atoms with Crippen LogP contribution in [0.25, 0.3) is 0 Å². The minimum absolute atomic E-state index is 0.107. The molecule has 0 saturated carbocycles. The molecule has 17 nitrogen and oxygen atoms in total. The normalized spacial score (nSPS) is 14.0. The first-order valence-corrected chi connectivity index (χ1v) is 42.0. The third-order valence-corrected chi connectivity index (χ3v) is 19.4. The van der Waals surface area contributed by atoms with Crippen LogP contribution >= 0.6 is 15.6 Å². The highest BCUT2D eigenvalue weighted by molar-refractivity contribution is 7.47. The Labute approximate surface area is 575 Å². The summed E-state index contributed by atoms with van der Waals surface area (Å²) in [7, 11) is -9.90. The van der Waals surface area contributed by atoms with E-state index in [2.05, 4.69) is 41.5 Å². The van der Waals surface area contributed by atoms with E-state index >= 15 is 0 Å². The predicted molar refractivity (Wildman–Crippen MR) is 381 cm³/mol. The largest absolute Gasteiger partial charge is 0.472 e. The second kappa shape index (κ2) is 66.9. The molecule has 0 amide bonds. The van der Waals surface area contributed by atoms with Crippen LogP contribution < -0.4 is 0 Å². The van der Waals surface area contributed by atoms with Crippen LogP contribution in [0.2, 0.25) is 0 Å². The Bertz CT molecular complexity index is 1820. The molecule has 3 N–H and O–H groups in total. The van der Waals surface area contributed by atoms with Gasteiger partial charge < -0.3 is 33.8 Å². The number of aliphatic hydroxyl groups excluding tert-OH is 1. The average Bonchev–Trinajstić information content (AvgIpc) is 1.23. The van der Waals surface area contributed by atoms with Crippen LogP contribution in [0.4, 0.5) is 0 Å². The van der Waals surface area contributed by atoms with E-state index in [4.69, 9.17) is 37.0 Å². The molecule has 0 aliphatic heterocycles. The lowest BCUT2D eigenvalue weighted by Gasteiger charge is -2.21. The van der Waals surface area contributed by atoms with Crippen LogP contribution in [0.15, 0.2) is 0 Å². The molecule has 94 heavy (non-hydrogen) atoms. The van der Waals surface area contributed by atoms with Gasteiger partial charge in [-0.05, 0) is 37.5 Å². The molecule has 0 fully saturated rings. The van der Waals surface area contributed by atoms with Crippen molar-refractivity contribution in [3.63, 3.8) is 0 Å². The fraction of sp³-hybridized carbons (Fsp3) is 0.947. The number of phosphoric acid groups is 2. The molecular weight excluding hydrogens is 1230 g/mol. The van der Waals surface area contributed by atoms with Gasteiger partial charge in [0.25, 0.3) is 0 Å². The third-order valence-electron chi connectivity index (χ3n) is 17.5. The first-order valence-electron chi connectivity index (χ1n) is 39.0. The van der Waals surface area contributed by atoms with Crippen LogP contribution in [0, 0.1) is 11.8 Å². The van der Waals surface area contributed by atoms with Gasteiger partial charge in [0, 0.05) is 25.7 Å². The number of aliphatic hydroxyl groups is 1. The number of phosphoric ester groups is 2. The molecule has 0 aliphatic carbocycles. The van der Waals surface area contributed by atoms with Crippen molar-refractivity contribution in [2.24, 2.45) is 11.8 Å². The highest BCUT2D eigenvalue weighted by Crippen LogP contribution is 2.45. The number of unbranched alkanes of at least 4 members (excludes halogenated alkanes) is 44. The lowest BCUT2D eigenvalue weighted by molar-refractivity contribution is -0.161. The van der Waals surface area contributed by atoms with Gasteiger partial charge >= 0.3 is 39.5 Å². The first kappa shape index (κ1) is 92.1. The van der Waals surface area contributed by atoms with Crippen LogP contribution in [0.3, 0.4) is 0 Å². The van der Waals surface area contributed by atoms with Crippen LogP contribution in [-0.4, -0.2) is 96.7 Å². The van der Waals surface area contributed by atoms with E-state index in [0.29, 0.717) is 25.7 Å². The van der Waals surface area contributed by atoms with Crippen molar-refractivity contribution in [1.82, 2.24) is 0 Å². The lowest BCUT2D eigenvalue weighted by atomic mass is 10.0. The van der Waals surface area contributed by atoms with Gasteiger partial charge in [-0.25, -0.2) is 9.13 Å². The van der Waals surface area contributed by atoms with Crippen molar-refractivity contribution in [3.05, 3.63) is 0 Å². The molecule has 0 aliphatic rings. The Kier molecular flexibility index (Phi) is 65.5. The van der Waals surface area contributed by atoms with Gasteiger partial charge in [-0.1, -0.05) is 337 Å². The molecule has 19 heteroatoms. The fourth-order valence-corrected chi connectivity index (χ4v) is 13.1. The van der Waals surface area contributed by atoms with Crippen molar-refractivity contribution >= 4 is 39.5 Å². The number of carbonyl (C=O) groups is 4. The molecule has 0 radical (unpaired) electrons. The Balaban J connectivity index is 5.18. The molecule has 558 valence electrons.